The van der Waals surface area contributed by atoms with Crippen molar-refractivity contribution in [2.24, 2.45) is 0 Å². The second-order valence-corrected chi connectivity index (χ2v) is 4.40. The molecule has 0 amide bonds. The molecule has 6 nitrogen and oxygen atoms in total. The van der Waals surface area contributed by atoms with Gasteiger partial charge in [-0.25, -0.2) is 4.98 Å². The molecule has 2 rings (SSSR count). The molecule has 0 bridgehead atoms. The van der Waals surface area contributed by atoms with Gasteiger partial charge in [0.05, 0.1) is 12.9 Å². The zero-order chi connectivity index (χ0) is 10.8. The van der Waals surface area contributed by atoms with Gasteiger partial charge in [-0.1, -0.05) is 4.49 Å². The molecule has 15 heavy (non-hydrogen) atoms. The molecule has 0 unspecified atom stereocenters. The van der Waals surface area contributed by atoms with Crippen LogP contribution in [-0.2, 0) is 6.54 Å². The van der Waals surface area contributed by atoms with Gasteiger partial charge in [-0.15, -0.1) is 5.10 Å². The van der Waals surface area contributed by atoms with E-state index in [1.165, 1.54) is 17.1 Å². The summed E-state index contributed by atoms with van der Waals surface area (Å²) in [5.41, 5.74) is 6.04. The van der Waals surface area contributed by atoms with Crippen LogP contribution in [0.4, 0.5) is 5.00 Å². The third kappa shape index (κ3) is 2.05. The fourth-order valence-electron chi connectivity index (χ4n) is 1.02. The lowest BCUT2D eigenvalue weighted by Crippen LogP contribution is -2.21. The van der Waals surface area contributed by atoms with Crippen molar-refractivity contribution in [3.05, 3.63) is 33.0 Å². The molecule has 0 fully saturated rings. The Morgan fingerprint density at radius 2 is 2.40 bits per heavy atom. The Hall–Kier alpha value is -1.28. The molecular weight excluding hydrogens is 282 g/mol. The van der Waals surface area contributed by atoms with E-state index in [9.17, 15) is 4.79 Å². The summed E-state index contributed by atoms with van der Waals surface area (Å²) >= 11 is 4.21. The standard InChI is InChI=1S/C7H6BrN5OS/c8-4-1-10-3-13(7(4)14)2-5-6(9)15-12-11-5/h1,3H,2,9H2. The Morgan fingerprint density at radius 3 is 3.07 bits per heavy atom. The number of aromatic nitrogens is 4. The van der Waals surface area contributed by atoms with Crippen molar-refractivity contribution in [3.8, 4) is 0 Å². The van der Waals surface area contributed by atoms with Crippen LogP contribution in [0.2, 0.25) is 0 Å². The van der Waals surface area contributed by atoms with E-state index in [0.717, 1.165) is 11.5 Å². The highest BCUT2D eigenvalue weighted by Crippen LogP contribution is 2.12. The highest BCUT2D eigenvalue weighted by Gasteiger charge is 2.07. The average Bonchev–Trinajstić information content (AvgIpc) is 2.60. The average molecular weight is 288 g/mol. The van der Waals surface area contributed by atoms with Gasteiger partial charge in [0.15, 0.2) is 0 Å². The summed E-state index contributed by atoms with van der Waals surface area (Å²) in [6.07, 6.45) is 2.88. The third-order valence-corrected chi connectivity index (χ3v) is 2.90. The number of hydrogen-bond acceptors (Lipinski definition) is 6. The molecule has 8 heteroatoms. The zero-order valence-electron chi connectivity index (χ0n) is 7.42. The molecule has 0 radical (unpaired) electrons. The molecule has 2 aromatic heterocycles. The maximum absolute atomic E-state index is 11.6. The molecule has 0 saturated carbocycles. The van der Waals surface area contributed by atoms with Crippen molar-refractivity contribution in [1.29, 1.82) is 0 Å². The number of anilines is 1. The summed E-state index contributed by atoms with van der Waals surface area (Å²) in [5, 5.41) is 4.34. The molecule has 0 spiro atoms. The molecule has 0 aromatic carbocycles. The Kier molecular flexibility index (Phi) is 2.78. The molecule has 78 valence electrons. The third-order valence-electron chi connectivity index (χ3n) is 1.76. The molecule has 2 aromatic rings. The van der Waals surface area contributed by atoms with Crippen LogP contribution in [0.3, 0.4) is 0 Å². The predicted molar refractivity (Wildman–Crippen MR) is 59.6 cm³/mol. The van der Waals surface area contributed by atoms with E-state index in [2.05, 4.69) is 30.5 Å². The zero-order valence-corrected chi connectivity index (χ0v) is 9.82. The highest BCUT2D eigenvalue weighted by molar-refractivity contribution is 9.10. The largest absolute Gasteiger partial charge is 0.388 e. The maximum atomic E-state index is 11.6. The first kappa shape index (κ1) is 10.2. The van der Waals surface area contributed by atoms with E-state index in [-0.39, 0.29) is 12.1 Å². The summed E-state index contributed by atoms with van der Waals surface area (Å²) in [4.78, 5) is 15.5. The summed E-state index contributed by atoms with van der Waals surface area (Å²) in [6, 6.07) is 0. The molecule has 0 saturated heterocycles. The number of nitrogens with zero attached hydrogens (tertiary/aromatic N) is 4. The Morgan fingerprint density at radius 1 is 1.60 bits per heavy atom. The first-order chi connectivity index (χ1) is 7.18. The van der Waals surface area contributed by atoms with Crippen LogP contribution in [0.5, 0.6) is 0 Å². The van der Waals surface area contributed by atoms with Crippen LogP contribution in [-0.4, -0.2) is 19.1 Å². The number of halogens is 1. The van der Waals surface area contributed by atoms with Gasteiger partial charge in [0.1, 0.15) is 15.2 Å². The second kappa shape index (κ2) is 4.07. The summed E-state index contributed by atoms with van der Waals surface area (Å²) in [7, 11) is 0. The van der Waals surface area contributed by atoms with Gasteiger partial charge in [-0.3, -0.25) is 9.36 Å². The highest BCUT2D eigenvalue weighted by atomic mass is 79.9. The van der Waals surface area contributed by atoms with Crippen LogP contribution in [0.1, 0.15) is 5.69 Å². The van der Waals surface area contributed by atoms with E-state index >= 15 is 0 Å². The van der Waals surface area contributed by atoms with Gasteiger partial charge in [-0.05, 0) is 15.9 Å². The van der Waals surface area contributed by atoms with Crippen molar-refractivity contribution >= 4 is 32.5 Å². The number of hydrogen-bond donors (Lipinski definition) is 1. The van der Waals surface area contributed by atoms with E-state index in [1.807, 2.05) is 0 Å². The van der Waals surface area contributed by atoms with Crippen molar-refractivity contribution < 1.29 is 0 Å². The molecule has 2 N–H and O–H groups in total. The van der Waals surface area contributed by atoms with Gasteiger partial charge >= 0.3 is 0 Å². The number of nitrogen functional groups attached to an aromatic ring is 1. The van der Waals surface area contributed by atoms with Crippen molar-refractivity contribution in [3.63, 3.8) is 0 Å². The van der Waals surface area contributed by atoms with Gasteiger partial charge < -0.3 is 5.73 Å². The molecule has 0 aliphatic carbocycles. The topological polar surface area (TPSA) is 86.7 Å². The van der Waals surface area contributed by atoms with Crippen molar-refractivity contribution in [1.82, 2.24) is 19.1 Å². The minimum absolute atomic E-state index is 0.169. The van der Waals surface area contributed by atoms with E-state index in [1.54, 1.807) is 0 Å². The van der Waals surface area contributed by atoms with Crippen molar-refractivity contribution in [2.45, 2.75) is 6.54 Å². The normalized spacial score (nSPS) is 10.5. The Labute approximate surface area is 97.1 Å². The maximum Gasteiger partial charge on any atom is 0.267 e. The van der Waals surface area contributed by atoms with Crippen LogP contribution in [0, 0.1) is 0 Å². The first-order valence-corrected chi connectivity index (χ1v) is 5.52. The second-order valence-electron chi connectivity index (χ2n) is 2.76. The Bertz CT molecular complexity index is 536. The van der Waals surface area contributed by atoms with E-state index < -0.39 is 0 Å². The Balaban J connectivity index is 2.37. The van der Waals surface area contributed by atoms with Crippen LogP contribution in [0.25, 0.3) is 0 Å². The summed E-state index contributed by atoms with van der Waals surface area (Å²) < 4.78 is 5.51. The number of nitrogens with two attached hydrogens (primary N) is 1. The van der Waals surface area contributed by atoms with Crippen LogP contribution < -0.4 is 11.3 Å². The predicted octanol–water partition coefficient (Wildman–Crippen LogP) is 0.488. The fourth-order valence-corrected chi connectivity index (χ4v) is 1.81. The number of rotatable bonds is 2. The lowest BCUT2D eigenvalue weighted by molar-refractivity contribution is 0.712. The van der Waals surface area contributed by atoms with Gasteiger partial charge in [-0.2, -0.15) is 0 Å². The molecule has 0 atom stereocenters. The van der Waals surface area contributed by atoms with Gasteiger partial charge in [0.25, 0.3) is 5.56 Å². The minimum atomic E-state index is -0.169. The molecule has 0 aliphatic rings. The van der Waals surface area contributed by atoms with Crippen LogP contribution >= 0.6 is 27.5 Å². The van der Waals surface area contributed by atoms with Crippen molar-refractivity contribution in [2.75, 3.05) is 5.73 Å². The monoisotopic (exact) mass is 287 g/mol. The van der Waals surface area contributed by atoms with Gasteiger partial charge in [0.2, 0.25) is 0 Å². The van der Waals surface area contributed by atoms with E-state index in [4.69, 9.17) is 5.73 Å². The summed E-state index contributed by atoms with van der Waals surface area (Å²) in [5.74, 6) is 0. The SMILES string of the molecule is Nc1snnc1Cn1cncc(Br)c1=O. The smallest absolute Gasteiger partial charge is 0.267 e. The molecular formula is C7H6BrN5OS. The quantitative estimate of drug-likeness (QED) is 0.869. The van der Waals surface area contributed by atoms with Gasteiger partial charge in [0, 0.05) is 17.7 Å². The first-order valence-electron chi connectivity index (χ1n) is 3.95. The fraction of sp³-hybridized carbons (Fsp3) is 0.143. The molecule has 0 aliphatic heterocycles. The summed E-state index contributed by atoms with van der Waals surface area (Å²) in [6.45, 7) is 0.285. The van der Waals surface area contributed by atoms with Crippen LogP contribution in [0.15, 0.2) is 21.8 Å². The lowest BCUT2D eigenvalue weighted by atomic mass is 10.4. The minimum Gasteiger partial charge on any atom is -0.388 e. The van der Waals surface area contributed by atoms with E-state index in [0.29, 0.717) is 15.2 Å². The molecule has 2 heterocycles. The lowest BCUT2D eigenvalue weighted by Gasteiger charge is -2.02.